The van der Waals surface area contributed by atoms with Crippen molar-refractivity contribution in [3.05, 3.63) is 42.0 Å². The molecule has 0 aliphatic heterocycles. The third-order valence-electron chi connectivity index (χ3n) is 2.15. The van der Waals surface area contributed by atoms with Crippen LogP contribution >= 0.6 is 0 Å². The SMILES string of the molecule is Cn1ncnc1Cc1ccccc1O. The molecule has 0 aliphatic rings. The van der Waals surface area contributed by atoms with Gasteiger partial charge in [-0.25, -0.2) is 4.98 Å². The van der Waals surface area contributed by atoms with Gasteiger partial charge in [0.05, 0.1) is 0 Å². The first kappa shape index (κ1) is 8.74. The zero-order valence-corrected chi connectivity index (χ0v) is 7.88. The number of aryl methyl sites for hydroxylation is 1. The molecule has 0 saturated carbocycles. The summed E-state index contributed by atoms with van der Waals surface area (Å²) in [4.78, 5) is 4.09. The predicted octanol–water partition coefficient (Wildman–Crippen LogP) is 1.11. The summed E-state index contributed by atoms with van der Waals surface area (Å²) in [6.07, 6.45) is 2.11. The van der Waals surface area contributed by atoms with E-state index < -0.39 is 0 Å². The maximum atomic E-state index is 9.54. The Morgan fingerprint density at radius 3 is 2.79 bits per heavy atom. The summed E-state index contributed by atoms with van der Waals surface area (Å²) in [5.74, 6) is 1.14. The Hall–Kier alpha value is -1.84. The minimum absolute atomic E-state index is 0.301. The number of hydrogen-bond donors (Lipinski definition) is 1. The van der Waals surface area contributed by atoms with Crippen LogP contribution in [0, 0.1) is 0 Å². The molecule has 1 N–H and O–H groups in total. The van der Waals surface area contributed by atoms with E-state index >= 15 is 0 Å². The van der Waals surface area contributed by atoms with Crippen LogP contribution in [0.1, 0.15) is 11.4 Å². The molecule has 2 rings (SSSR count). The Labute approximate surface area is 81.8 Å². The van der Waals surface area contributed by atoms with E-state index in [1.807, 2.05) is 19.2 Å². The smallest absolute Gasteiger partial charge is 0.138 e. The van der Waals surface area contributed by atoms with Crippen molar-refractivity contribution in [3.8, 4) is 5.75 Å². The number of hydrogen-bond acceptors (Lipinski definition) is 3. The van der Waals surface area contributed by atoms with Crippen molar-refractivity contribution in [2.75, 3.05) is 0 Å². The summed E-state index contributed by atoms with van der Waals surface area (Å²) in [5, 5.41) is 13.5. The molecule has 2 aromatic rings. The van der Waals surface area contributed by atoms with E-state index in [2.05, 4.69) is 10.1 Å². The molecule has 14 heavy (non-hydrogen) atoms. The van der Waals surface area contributed by atoms with Gasteiger partial charge in [-0.3, -0.25) is 4.68 Å². The first-order chi connectivity index (χ1) is 6.77. The molecular formula is C10H11N3O. The van der Waals surface area contributed by atoms with Crippen LogP contribution in [-0.2, 0) is 13.5 Å². The average Bonchev–Trinajstić information content (AvgIpc) is 2.56. The van der Waals surface area contributed by atoms with Gasteiger partial charge in [-0.05, 0) is 6.07 Å². The van der Waals surface area contributed by atoms with Crippen molar-refractivity contribution < 1.29 is 5.11 Å². The van der Waals surface area contributed by atoms with Gasteiger partial charge in [0, 0.05) is 19.0 Å². The molecule has 4 nitrogen and oxygen atoms in total. The van der Waals surface area contributed by atoms with E-state index in [0.29, 0.717) is 12.2 Å². The maximum absolute atomic E-state index is 9.54. The number of rotatable bonds is 2. The van der Waals surface area contributed by atoms with Gasteiger partial charge < -0.3 is 5.11 Å². The van der Waals surface area contributed by atoms with Gasteiger partial charge in [-0.1, -0.05) is 18.2 Å². The second-order valence-electron chi connectivity index (χ2n) is 3.11. The van der Waals surface area contributed by atoms with Crippen molar-refractivity contribution in [2.45, 2.75) is 6.42 Å². The fourth-order valence-corrected chi connectivity index (χ4v) is 1.31. The number of para-hydroxylation sites is 1. The standard InChI is InChI=1S/C10H11N3O/c1-13-10(11-7-12-13)6-8-4-2-3-5-9(8)14/h2-5,7,14H,6H2,1H3. The van der Waals surface area contributed by atoms with Crippen LogP contribution < -0.4 is 0 Å². The molecule has 0 bridgehead atoms. The molecule has 72 valence electrons. The van der Waals surface area contributed by atoms with E-state index in [4.69, 9.17) is 0 Å². The molecule has 0 saturated heterocycles. The summed E-state index contributed by atoms with van der Waals surface area (Å²) >= 11 is 0. The Kier molecular flexibility index (Phi) is 2.18. The number of phenols is 1. The topological polar surface area (TPSA) is 50.9 Å². The molecule has 1 heterocycles. The van der Waals surface area contributed by atoms with Crippen LogP contribution in [0.15, 0.2) is 30.6 Å². The highest BCUT2D eigenvalue weighted by Crippen LogP contribution is 2.17. The molecule has 0 aliphatic carbocycles. The normalized spacial score (nSPS) is 10.4. The molecule has 1 aromatic heterocycles. The summed E-state index contributed by atoms with van der Waals surface area (Å²) < 4.78 is 1.70. The number of phenolic OH excluding ortho intramolecular Hbond substituents is 1. The zero-order chi connectivity index (χ0) is 9.97. The molecule has 0 fully saturated rings. The van der Waals surface area contributed by atoms with Crippen LogP contribution in [0.25, 0.3) is 0 Å². The average molecular weight is 189 g/mol. The third kappa shape index (κ3) is 1.59. The van der Waals surface area contributed by atoms with Gasteiger partial charge in [0.2, 0.25) is 0 Å². The summed E-state index contributed by atoms with van der Waals surface area (Å²) in [6, 6.07) is 7.25. The number of nitrogens with zero attached hydrogens (tertiary/aromatic N) is 3. The molecule has 0 radical (unpaired) electrons. The molecule has 0 unspecified atom stereocenters. The van der Waals surface area contributed by atoms with Gasteiger partial charge in [0.25, 0.3) is 0 Å². The van der Waals surface area contributed by atoms with Crippen molar-refractivity contribution in [1.29, 1.82) is 0 Å². The lowest BCUT2D eigenvalue weighted by Gasteiger charge is -2.02. The fraction of sp³-hybridized carbons (Fsp3) is 0.200. The third-order valence-corrected chi connectivity index (χ3v) is 2.15. The lowest BCUT2D eigenvalue weighted by Crippen LogP contribution is -2.00. The Bertz CT molecular complexity index is 436. The molecule has 0 atom stereocenters. The monoisotopic (exact) mass is 189 g/mol. The second-order valence-corrected chi connectivity index (χ2v) is 3.11. The van der Waals surface area contributed by atoms with Gasteiger partial charge in [0.1, 0.15) is 17.9 Å². The zero-order valence-electron chi connectivity index (χ0n) is 7.88. The highest BCUT2D eigenvalue weighted by atomic mass is 16.3. The fourth-order valence-electron chi connectivity index (χ4n) is 1.31. The summed E-state index contributed by atoms with van der Waals surface area (Å²) in [6.45, 7) is 0. The first-order valence-corrected chi connectivity index (χ1v) is 4.37. The minimum atomic E-state index is 0.301. The quantitative estimate of drug-likeness (QED) is 0.770. The van der Waals surface area contributed by atoms with Crippen molar-refractivity contribution in [3.63, 3.8) is 0 Å². The summed E-state index contributed by atoms with van der Waals surface area (Å²) in [5.41, 5.74) is 0.864. The highest BCUT2D eigenvalue weighted by Gasteiger charge is 2.05. The van der Waals surface area contributed by atoms with Crippen LogP contribution in [0.5, 0.6) is 5.75 Å². The van der Waals surface area contributed by atoms with Crippen molar-refractivity contribution >= 4 is 0 Å². The molecule has 1 aromatic carbocycles. The van der Waals surface area contributed by atoms with Crippen LogP contribution in [0.2, 0.25) is 0 Å². The molecular weight excluding hydrogens is 178 g/mol. The van der Waals surface area contributed by atoms with Gasteiger partial charge >= 0.3 is 0 Å². The van der Waals surface area contributed by atoms with Crippen molar-refractivity contribution in [1.82, 2.24) is 14.8 Å². The van der Waals surface area contributed by atoms with Crippen LogP contribution in [0.4, 0.5) is 0 Å². The Morgan fingerprint density at radius 2 is 2.14 bits per heavy atom. The maximum Gasteiger partial charge on any atom is 0.138 e. The van der Waals surface area contributed by atoms with E-state index in [0.717, 1.165) is 11.4 Å². The lowest BCUT2D eigenvalue weighted by molar-refractivity contribution is 0.468. The number of benzene rings is 1. The predicted molar refractivity (Wildman–Crippen MR) is 51.9 cm³/mol. The highest BCUT2D eigenvalue weighted by molar-refractivity contribution is 5.33. The lowest BCUT2D eigenvalue weighted by atomic mass is 10.1. The molecule has 0 spiro atoms. The van der Waals surface area contributed by atoms with E-state index in [1.54, 1.807) is 16.8 Å². The van der Waals surface area contributed by atoms with Crippen LogP contribution in [-0.4, -0.2) is 19.9 Å². The first-order valence-electron chi connectivity index (χ1n) is 4.37. The Balaban J connectivity index is 2.28. The second kappa shape index (κ2) is 3.49. The molecule has 0 amide bonds. The van der Waals surface area contributed by atoms with Gasteiger partial charge in [-0.2, -0.15) is 5.10 Å². The van der Waals surface area contributed by atoms with E-state index in [1.165, 1.54) is 6.33 Å². The number of aromatic nitrogens is 3. The van der Waals surface area contributed by atoms with Crippen LogP contribution in [0.3, 0.4) is 0 Å². The van der Waals surface area contributed by atoms with Gasteiger partial charge in [0.15, 0.2) is 0 Å². The summed E-state index contributed by atoms with van der Waals surface area (Å²) in [7, 11) is 1.84. The Morgan fingerprint density at radius 1 is 1.36 bits per heavy atom. The minimum Gasteiger partial charge on any atom is -0.508 e. The molecule has 4 heteroatoms. The van der Waals surface area contributed by atoms with E-state index in [-0.39, 0.29) is 0 Å². The van der Waals surface area contributed by atoms with Gasteiger partial charge in [-0.15, -0.1) is 0 Å². The number of aromatic hydroxyl groups is 1. The largest absolute Gasteiger partial charge is 0.508 e. The van der Waals surface area contributed by atoms with Crippen molar-refractivity contribution in [2.24, 2.45) is 7.05 Å². The van der Waals surface area contributed by atoms with E-state index in [9.17, 15) is 5.11 Å².